The molecule has 2 heterocycles. The van der Waals surface area contributed by atoms with Gasteiger partial charge < -0.3 is 5.11 Å². The summed E-state index contributed by atoms with van der Waals surface area (Å²) >= 11 is 0. The first kappa shape index (κ1) is 22.2. The van der Waals surface area contributed by atoms with Gasteiger partial charge in [0.1, 0.15) is 11.2 Å². The van der Waals surface area contributed by atoms with Crippen LogP contribution in [-0.2, 0) is 9.78 Å². The van der Waals surface area contributed by atoms with Crippen LogP contribution in [0.5, 0.6) is 0 Å². The Morgan fingerprint density at radius 1 is 0.903 bits per heavy atom. The first-order chi connectivity index (χ1) is 14.6. The van der Waals surface area contributed by atoms with E-state index in [1.165, 1.54) is 25.7 Å². The van der Waals surface area contributed by atoms with E-state index in [2.05, 4.69) is 65.8 Å². The van der Waals surface area contributed by atoms with Gasteiger partial charge in [0.25, 0.3) is 0 Å². The summed E-state index contributed by atoms with van der Waals surface area (Å²) in [7, 11) is 0. The van der Waals surface area contributed by atoms with Crippen molar-refractivity contribution in [2.24, 2.45) is 46.3 Å². The summed E-state index contributed by atoms with van der Waals surface area (Å²) in [6.45, 7) is 14.4. The Bertz CT molecular complexity index is 772. The van der Waals surface area contributed by atoms with Crippen molar-refractivity contribution in [2.45, 2.75) is 104 Å². The van der Waals surface area contributed by atoms with Gasteiger partial charge in [0.05, 0.1) is 6.10 Å². The van der Waals surface area contributed by atoms with Crippen LogP contribution < -0.4 is 0 Å². The van der Waals surface area contributed by atoms with Crippen molar-refractivity contribution < 1.29 is 14.9 Å². The van der Waals surface area contributed by atoms with E-state index in [-0.39, 0.29) is 22.5 Å². The maximum absolute atomic E-state index is 10.4. The molecule has 174 valence electrons. The second-order valence-corrected chi connectivity index (χ2v) is 12.7. The first-order valence-corrected chi connectivity index (χ1v) is 13.0. The van der Waals surface area contributed by atoms with Gasteiger partial charge in [-0.25, -0.2) is 9.78 Å². The minimum absolute atomic E-state index is 0.0663. The molecule has 3 nitrogen and oxygen atoms in total. The molecule has 2 spiro atoms. The van der Waals surface area contributed by atoms with Crippen LogP contribution in [-0.4, -0.2) is 22.4 Å². The zero-order valence-electron chi connectivity index (χ0n) is 20.6. The van der Waals surface area contributed by atoms with E-state index in [4.69, 9.17) is 9.78 Å². The highest BCUT2D eigenvalue weighted by Gasteiger charge is 2.74. The van der Waals surface area contributed by atoms with Crippen molar-refractivity contribution in [3.63, 3.8) is 0 Å². The van der Waals surface area contributed by atoms with Crippen LogP contribution in [0.1, 0.15) is 86.5 Å². The average Bonchev–Trinajstić information content (AvgIpc) is 3.09. The Morgan fingerprint density at radius 2 is 1.68 bits per heavy atom. The second-order valence-electron chi connectivity index (χ2n) is 12.7. The fourth-order valence-electron chi connectivity index (χ4n) is 8.71. The molecule has 6 aliphatic rings. The molecule has 0 aromatic heterocycles. The fraction of sp³-hybridized carbons (Fsp3) is 0.857. The molecule has 2 aliphatic heterocycles. The Hall–Kier alpha value is -0.640. The summed E-state index contributed by atoms with van der Waals surface area (Å²) in [4.78, 5) is 12.8. The highest BCUT2D eigenvalue weighted by Crippen LogP contribution is 2.72. The Morgan fingerprint density at radius 3 is 2.35 bits per heavy atom. The summed E-state index contributed by atoms with van der Waals surface area (Å²) in [5.41, 5.74) is -0.366. The molecule has 0 unspecified atom stereocenters. The molecule has 31 heavy (non-hydrogen) atoms. The molecular weight excluding hydrogens is 384 g/mol. The fourth-order valence-corrected chi connectivity index (χ4v) is 8.71. The molecule has 0 aromatic carbocycles. The zero-order valence-corrected chi connectivity index (χ0v) is 20.6. The Kier molecular flexibility index (Phi) is 5.13. The first-order valence-electron chi connectivity index (χ1n) is 13.0. The number of aliphatic hydroxyl groups excluding tert-OH is 1. The second kappa shape index (κ2) is 7.18. The summed E-state index contributed by atoms with van der Waals surface area (Å²) in [6, 6.07) is 0. The van der Waals surface area contributed by atoms with Crippen LogP contribution in [0.4, 0.5) is 0 Å². The summed E-state index contributed by atoms with van der Waals surface area (Å²) in [5.74, 6) is 3.64. The average molecular weight is 429 g/mol. The molecule has 10 atom stereocenters. The lowest BCUT2D eigenvalue weighted by Crippen LogP contribution is -2.73. The maximum atomic E-state index is 10.4. The zero-order chi connectivity index (χ0) is 22.2. The van der Waals surface area contributed by atoms with Crippen molar-refractivity contribution in [2.75, 3.05) is 0 Å². The van der Waals surface area contributed by atoms with Gasteiger partial charge in [0, 0.05) is 23.7 Å². The molecule has 3 heteroatoms. The van der Waals surface area contributed by atoms with Crippen LogP contribution in [0.15, 0.2) is 24.3 Å². The van der Waals surface area contributed by atoms with E-state index in [1.54, 1.807) is 0 Å². The minimum atomic E-state index is -0.439. The predicted octanol–water partition coefficient (Wildman–Crippen LogP) is 6.47. The molecule has 0 amide bonds. The molecule has 2 bridgehead atoms. The van der Waals surface area contributed by atoms with Gasteiger partial charge in [-0.2, -0.15) is 0 Å². The van der Waals surface area contributed by atoms with Gasteiger partial charge in [0.2, 0.25) is 0 Å². The third-order valence-corrected chi connectivity index (χ3v) is 11.1. The highest BCUT2D eigenvalue weighted by molar-refractivity contribution is 5.33. The lowest BCUT2D eigenvalue weighted by molar-refractivity contribution is -0.497. The van der Waals surface area contributed by atoms with E-state index in [0.29, 0.717) is 41.9 Å². The van der Waals surface area contributed by atoms with Gasteiger partial charge in [-0.1, -0.05) is 59.8 Å². The SMILES string of the molecule is CC(C)[C@@H](C)/C=C/[C@@H](C)[C@H]1CC[C@@H]2[C@]1(C)CC[C@H]1[C@@]23C=C[C@]2(C[C@@H](O)CC[C@]12C)OO3. The van der Waals surface area contributed by atoms with Gasteiger partial charge in [-0.15, -0.1) is 0 Å². The largest absolute Gasteiger partial charge is 0.393 e. The molecule has 4 aliphatic carbocycles. The highest BCUT2D eigenvalue weighted by atomic mass is 17.2. The molecule has 0 radical (unpaired) electrons. The molecule has 0 aromatic rings. The van der Waals surface area contributed by atoms with E-state index >= 15 is 0 Å². The Balaban J connectivity index is 1.45. The summed E-state index contributed by atoms with van der Waals surface area (Å²) < 4.78 is 0. The number of allylic oxidation sites excluding steroid dienone is 2. The van der Waals surface area contributed by atoms with Crippen LogP contribution in [0.3, 0.4) is 0 Å². The van der Waals surface area contributed by atoms with Crippen LogP contribution in [0.2, 0.25) is 0 Å². The van der Waals surface area contributed by atoms with Crippen molar-refractivity contribution >= 4 is 0 Å². The number of hydrogen-bond donors (Lipinski definition) is 1. The van der Waals surface area contributed by atoms with E-state index in [1.807, 2.05) is 0 Å². The van der Waals surface area contributed by atoms with Crippen molar-refractivity contribution in [1.82, 2.24) is 0 Å². The van der Waals surface area contributed by atoms with E-state index in [9.17, 15) is 5.11 Å². The van der Waals surface area contributed by atoms with Crippen LogP contribution in [0.25, 0.3) is 0 Å². The third kappa shape index (κ3) is 2.88. The van der Waals surface area contributed by atoms with E-state index in [0.717, 1.165) is 12.8 Å². The van der Waals surface area contributed by atoms with Gasteiger partial charge in [0.15, 0.2) is 0 Å². The van der Waals surface area contributed by atoms with Gasteiger partial charge in [-0.3, -0.25) is 0 Å². The standard InChI is InChI=1S/C28H44O3/c1-18(2)19(3)7-8-20(4)22-9-10-23-25(22,5)13-12-24-26(6)14-11-21(29)17-27(26)15-16-28(23,24)31-30-27/h7-8,15-16,18-24,29H,9-14,17H2,1-6H3/b8-7+/t19-,20+,21-,22+,23+,24+,25+,26+,27+,28+/m0/s1. The molecule has 1 N–H and O–H groups in total. The number of fused-ring (bicyclic) bond motifs is 2. The monoisotopic (exact) mass is 428 g/mol. The molecule has 6 rings (SSSR count). The smallest absolute Gasteiger partial charge is 0.130 e. The van der Waals surface area contributed by atoms with Gasteiger partial charge in [-0.05, 0) is 73.7 Å². The van der Waals surface area contributed by atoms with Crippen LogP contribution in [0, 0.1) is 46.3 Å². The molecule has 1 saturated heterocycles. The van der Waals surface area contributed by atoms with Crippen molar-refractivity contribution in [3.05, 3.63) is 24.3 Å². The van der Waals surface area contributed by atoms with E-state index < -0.39 is 5.60 Å². The minimum Gasteiger partial charge on any atom is -0.393 e. The lowest BCUT2D eigenvalue weighted by atomic mass is 9.43. The van der Waals surface area contributed by atoms with Crippen molar-refractivity contribution in [3.8, 4) is 0 Å². The predicted molar refractivity (Wildman–Crippen MR) is 124 cm³/mol. The normalized spacial score (nSPS) is 52.8. The number of aliphatic hydroxyl groups is 1. The van der Waals surface area contributed by atoms with Crippen LogP contribution >= 0.6 is 0 Å². The number of rotatable bonds is 4. The third-order valence-electron chi connectivity index (χ3n) is 11.1. The van der Waals surface area contributed by atoms with Crippen molar-refractivity contribution in [1.29, 1.82) is 0 Å². The lowest BCUT2D eigenvalue weighted by Gasteiger charge is -2.69. The molecular formula is C28H44O3. The molecule has 4 fully saturated rings. The summed E-state index contributed by atoms with van der Waals surface area (Å²) in [5, 5.41) is 10.4. The quantitative estimate of drug-likeness (QED) is 0.412. The van der Waals surface area contributed by atoms with Gasteiger partial charge >= 0.3 is 0 Å². The topological polar surface area (TPSA) is 38.7 Å². The number of hydrogen-bond acceptors (Lipinski definition) is 3. The molecule has 3 saturated carbocycles. The summed E-state index contributed by atoms with van der Waals surface area (Å²) in [6.07, 6.45) is 17.0. The Labute approximate surface area is 189 Å². The maximum Gasteiger partial charge on any atom is 0.130 e.